The minimum Gasteiger partial charge on any atom is -0.0651 e. The Kier molecular flexibility index (Phi) is 3.71. The van der Waals surface area contributed by atoms with Crippen LogP contribution < -0.4 is 0 Å². The van der Waals surface area contributed by atoms with E-state index in [9.17, 15) is 0 Å². The van der Waals surface area contributed by atoms with Gasteiger partial charge in [0.2, 0.25) is 0 Å². The van der Waals surface area contributed by atoms with Crippen molar-refractivity contribution in [3.8, 4) is 0 Å². The van der Waals surface area contributed by atoms with Crippen molar-refractivity contribution < 1.29 is 0 Å². The van der Waals surface area contributed by atoms with Gasteiger partial charge in [0.25, 0.3) is 0 Å². The summed E-state index contributed by atoms with van der Waals surface area (Å²) in [6, 6.07) is 0. The Hall–Kier alpha value is -0.920. The molecule has 1 rings (SSSR count). The maximum absolute atomic E-state index is 3.19. The van der Waals surface area contributed by atoms with Gasteiger partial charge in [0, 0.05) is 0 Å². The first kappa shape index (κ1) is 9.17. The summed E-state index contributed by atoms with van der Waals surface area (Å²) < 4.78 is 0. The summed E-state index contributed by atoms with van der Waals surface area (Å²) in [5, 5.41) is 0. The van der Waals surface area contributed by atoms with E-state index in [0.717, 1.165) is 0 Å². The van der Waals surface area contributed by atoms with Crippen molar-refractivity contribution in [2.75, 3.05) is 0 Å². The predicted molar refractivity (Wildman–Crippen MR) is 52.0 cm³/mol. The second kappa shape index (κ2) is 4.86. The van der Waals surface area contributed by atoms with E-state index in [4.69, 9.17) is 0 Å². The van der Waals surface area contributed by atoms with E-state index in [-0.39, 0.29) is 0 Å². The summed E-state index contributed by atoms with van der Waals surface area (Å²) in [4.78, 5) is 0. The summed E-state index contributed by atoms with van der Waals surface area (Å²) >= 11 is 0. The molecule has 0 nitrogen and oxygen atoms in total. The predicted octanol–water partition coefficient (Wildman–Crippen LogP) is 3.75. The maximum Gasteiger partial charge on any atom is -0.0191 e. The number of rotatable bonds is 2. The fraction of sp³-hybridized carbons (Fsp3) is 0.583. The van der Waals surface area contributed by atoms with Crippen molar-refractivity contribution in [3.63, 3.8) is 0 Å². The topological polar surface area (TPSA) is 0 Å². The highest BCUT2D eigenvalue weighted by atomic mass is 14.0. The summed E-state index contributed by atoms with van der Waals surface area (Å²) in [5.74, 6) is 0. The van der Waals surface area contributed by atoms with E-state index in [1.165, 1.54) is 43.3 Å². The summed E-state index contributed by atoms with van der Waals surface area (Å²) in [7, 11) is 0. The number of hydrogen-bond donors (Lipinski definition) is 0. The van der Waals surface area contributed by atoms with E-state index in [1.54, 1.807) is 0 Å². The Morgan fingerprint density at radius 1 is 1.25 bits per heavy atom. The van der Waals surface area contributed by atoms with Crippen LogP contribution in [-0.4, -0.2) is 0 Å². The van der Waals surface area contributed by atoms with E-state index in [0.29, 0.717) is 0 Å². The Balaban J connectivity index is 2.87. The molecule has 0 saturated carbocycles. The third kappa shape index (κ3) is 2.99. The molecule has 0 bridgehead atoms. The van der Waals surface area contributed by atoms with Gasteiger partial charge >= 0.3 is 0 Å². The first-order valence-corrected chi connectivity index (χ1v) is 4.77. The lowest BCUT2D eigenvalue weighted by atomic mass is 10.0. The summed E-state index contributed by atoms with van der Waals surface area (Å²) in [6.45, 7) is 4.32. The third-order valence-electron chi connectivity index (χ3n) is 2.10. The lowest BCUT2D eigenvalue weighted by Crippen LogP contribution is -1.85. The molecule has 12 heavy (non-hydrogen) atoms. The van der Waals surface area contributed by atoms with Gasteiger partial charge in [-0.25, -0.2) is 0 Å². The van der Waals surface area contributed by atoms with Crippen molar-refractivity contribution in [2.45, 2.75) is 46.0 Å². The van der Waals surface area contributed by atoms with Crippen LogP contribution in [0.25, 0.3) is 0 Å². The van der Waals surface area contributed by atoms with E-state index >= 15 is 0 Å². The van der Waals surface area contributed by atoms with Crippen LogP contribution in [0.2, 0.25) is 0 Å². The average molecular weight is 160 g/mol. The second-order valence-electron chi connectivity index (χ2n) is 3.36. The molecule has 0 fully saturated rings. The van der Waals surface area contributed by atoms with Crippen LogP contribution in [0.3, 0.4) is 0 Å². The van der Waals surface area contributed by atoms with Gasteiger partial charge in [-0.1, -0.05) is 24.8 Å². The van der Waals surface area contributed by atoms with E-state index in [1.807, 2.05) is 0 Å². The molecule has 0 unspecified atom stereocenters. The van der Waals surface area contributed by atoms with Gasteiger partial charge in [0.15, 0.2) is 0 Å². The van der Waals surface area contributed by atoms with Crippen LogP contribution in [0, 0.1) is 0 Å². The maximum atomic E-state index is 3.19. The van der Waals surface area contributed by atoms with E-state index in [2.05, 4.69) is 31.0 Å². The Morgan fingerprint density at radius 2 is 2.08 bits per heavy atom. The van der Waals surface area contributed by atoms with Crippen molar-refractivity contribution >= 4 is 0 Å². The third-order valence-corrected chi connectivity index (χ3v) is 2.10. The molecular formula is C12H16. The summed E-state index contributed by atoms with van der Waals surface area (Å²) in [5.41, 5.74) is 12.0. The molecule has 0 radical (unpaired) electrons. The Bertz CT molecular complexity index is 271. The molecule has 0 aromatic carbocycles. The lowest BCUT2D eigenvalue weighted by Gasteiger charge is -2.02. The van der Waals surface area contributed by atoms with Gasteiger partial charge in [0.05, 0.1) is 0 Å². The zero-order chi connectivity index (χ0) is 8.81. The van der Waals surface area contributed by atoms with Crippen molar-refractivity contribution in [2.24, 2.45) is 0 Å². The van der Waals surface area contributed by atoms with Crippen LogP contribution in [-0.2, 0) is 0 Å². The quantitative estimate of drug-likeness (QED) is 0.540. The molecule has 0 N–H and O–H groups in total. The smallest absolute Gasteiger partial charge is 0.0191 e. The van der Waals surface area contributed by atoms with Crippen molar-refractivity contribution in [3.05, 3.63) is 28.3 Å². The molecule has 0 spiro atoms. The molecule has 0 amide bonds. The zero-order valence-electron chi connectivity index (χ0n) is 8.04. The first-order chi connectivity index (χ1) is 5.83. The molecule has 0 heterocycles. The Labute approximate surface area is 75.0 Å². The fourth-order valence-electron chi connectivity index (χ4n) is 1.41. The molecule has 0 aromatic rings. The Morgan fingerprint density at radius 3 is 2.83 bits per heavy atom. The normalized spacial score (nSPS) is 16.5. The van der Waals surface area contributed by atoms with Gasteiger partial charge in [-0.2, -0.15) is 0 Å². The highest BCUT2D eigenvalue weighted by Crippen LogP contribution is 2.15. The molecule has 1 aliphatic rings. The molecule has 0 saturated heterocycles. The molecule has 1 aliphatic carbocycles. The molecule has 0 aromatic heterocycles. The van der Waals surface area contributed by atoms with Gasteiger partial charge in [-0.15, -0.1) is 0 Å². The first-order valence-electron chi connectivity index (χ1n) is 4.77. The van der Waals surface area contributed by atoms with Crippen LogP contribution in [0.4, 0.5) is 0 Å². The lowest BCUT2D eigenvalue weighted by molar-refractivity contribution is 0.754. The average Bonchev–Trinajstić information content (AvgIpc) is 2.00. The van der Waals surface area contributed by atoms with E-state index < -0.39 is 0 Å². The van der Waals surface area contributed by atoms with Crippen LogP contribution in [0.15, 0.2) is 28.3 Å². The second-order valence-corrected chi connectivity index (χ2v) is 3.36. The zero-order valence-corrected chi connectivity index (χ0v) is 8.04. The SMILES string of the molecule is CCCC1=C=C=C=C(C)CCC1. The monoisotopic (exact) mass is 160 g/mol. The minimum absolute atomic E-state index is 1.17. The van der Waals surface area contributed by atoms with Crippen LogP contribution in [0.1, 0.15) is 46.0 Å². The van der Waals surface area contributed by atoms with Crippen molar-refractivity contribution in [1.29, 1.82) is 0 Å². The largest absolute Gasteiger partial charge is 0.0651 e. The van der Waals surface area contributed by atoms with Crippen molar-refractivity contribution in [1.82, 2.24) is 0 Å². The van der Waals surface area contributed by atoms with Crippen LogP contribution >= 0.6 is 0 Å². The number of hydrogen-bond acceptors (Lipinski definition) is 0. The standard InChI is InChI=1S/C12H16/c1-3-6-12-9-4-7-11(2)8-5-10-12/h3-4,6-7,9H2,1-2H3. The highest BCUT2D eigenvalue weighted by Gasteiger charge is 1.97. The molecule has 0 heteroatoms. The fourth-order valence-corrected chi connectivity index (χ4v) is 1.41. The van der Waals surface area contributed by atoms with Gasteiger partial charge in [-0.05, 0) is 49.5 Å². The molecule has 0 atom stereocenters. The minimum atomic E-state index is 1.17. The number of allylic oxidation sites excluding steroid dienone is 2. The highest BCUT2D eigenvalue weighted by molar-refractivity contribution is 5.07. The van der Waals surface area contributed by atoms with Crippen LogP contribution in [0.5, 0.6) is 0 Å². The summed E-state index contributed by atoms with van der Waals surface area (Å²) in [6.07, 6.45) is 6.00. The molecule has 0 aliphatic heterocycles. The molecular weight excluding hydrogens is 144 g/mol. The van der Waals surface area contributed by atoms with Gasteiger partial charge in [0.1, 0.15) is 0 Å². The molecule has 64 valence electrons. The van der Waals surface area contributed by atoms with Gasteiger partial charge in [-0.3, -0.25) is 0 Å². The van der Waals surface area contributed by atoms with Gasteiger partial charge < -0.3 is 0 Å².